The molecule has 0 aliphatic carbocycles. The zero-order valence-electron chi connectivity index (χ0n) is 18.0. The number of methoxy groups -OCH3 is 2. The van der Waals surface area contributed by atoms with Crippen LogP contribution in [0, 0.1) is 12.8 Å². The summed E-state index contributed by atoms with van der Waals surface area (Å²) in [6, 6.07) is 13.8. The highest BCUT2D eigenvalue weighted by Crippen LogP contribution is 2.44. The molecule has 0 saturated heterocycles. The van der Waals surface area contributed by atoms with Gasteiger partial charge in [-0.05, 0) is 30.5 Å². The molecular formula is C24H27N3O3. The molecule has 156 valence electrons. The number of carbonyl (C=O) groups is 1. The van der Waals surface area contributed by atoms with Gasteiger partial charge in [0.05, 0.1) is 26.0 Å². The van der Waals surface area contributed by atoms with Crippen molar-refractivity contribution in [2.75, 3.05) is 20.8 Å². The molecule has 0 fully saturated rings. The molecule has 30 heavy (non-hydrogen) atoms. The van der Waals surface area contributed by atoms with Gasteiger partial charge in [-0.1, -0.05) is 49.7 Å². The summed E-state index contributed by atoms with van der Waals surface area (Å²) in [5, 5.41) is 7.53. The summed E-state index contributed by atoms with van der Waals surface area (Å²) in [5.41, 5.74) is 5.42. The lowest BCUT2D eigenvalue weighted by molar-refractivity contribution is 0.0722. The van der Waals surface area contributed by atoms with Gasteiger partial charge >= 0.3 is 0 Å². The average molecular weight is 405 g/mol. The van der Waals surface area contributed by atoms with Gasteiger partial charge in [0.15, 0.2) is 11.5 Å². The Morgan fingerprint density at radius 3 is 2.40 bits per heavy atom. The topological polar surface area (TPSA) is 67.5 Å². The van der Waals surface area contributed by atoms with Crippen LogP contribution in [0.1, 0.15) is 47.1 Å². The van der Waals surface area contributed by atoms with Crippen molar-refractivity contribution in [1.82, 2.24) is 15.1 Å². The van der Waals surface area contributed by atoms with E-state index in [1.807, 2.05) is 35.2 Å². The molecule has 3 aromatic rings. The van der Waals surface area contributed by atoms with Crippen LogP contribution in [-0.2, 0) is 0 Å². The number of rotatable bonds is 6. The van der Waals surface area contributed by atoms with Gasteiger partial charge in [0.2, 0.25) is 0 Å². The Kier molecular flexibility index (Phi) is 5.24. The molecule has 1 atom stereocenters. The maximum absolute atomic E-state index is 13.3. The Bertz CT molecular complexity index is 1070. The average Bonchev–Trinajstić information content (AvgIpc) is 3.27. The van der Waals surface area contributed by atoms with Crippen LogP contribution in [0.3, 0.4) is 0 Å². The second kappa shape index (κ2) is 7.86. The maximum Gasteiger partial charge on any atom is 0.273 e. The summed E-state index contributed by atoms with van der Waals surface area (Å²) in [7, 11) is 3.24. The van der Waals surface area contributed by atoms with Crippen molar-refractivity contribution >= 4 is 5.91 Å². The van der Waals surface area contributed by atoms with Crippen LogP contribution in [-0.4, -0.2) is 41.8 Å². The zero-order valence-corrected chi connectivity index (χ0v) is 18.0. The molecule has 0 spiro atoms. The van der Waals surface area contributed by atoms with Crippen LogP contribution in [0.4, 0.5) is 0 Å². The third-order valence-electron chi connectivity index (χ3n) is 5.47. The second-order valence-electron chi connectivity index (χ2n) is 8.10. The van der Waals surface area contributed by atoms with Crippen molar-refractivity contribution in [3.63, 3.8) is 0 Å². The lowest BCUT2D eigenvalue weighted by Crippen LogP contribution is -2.32. The molecule has 1 aliphatic rings. The number of ether oxygens (including phenoxy) is 2. The van der Waals surface area contributed by atoms with Crippen LogP contribution in [0.5, 0.6) is 11.5 Å². The highest BCUT2D eigenvalue weighted by Gasteiger charge is 2.42. The number of amides is 1. The van der Waals surface area contributed by atoms with Crippen molar-refractivity contribution in [2.24, 2.45) is 5.92 Å². The number of fused-ring (bicyclic) bond motifs is 1. The molecule has 1 aromatic heterocycles. The number of nitrogens with one attached hydrogen (secondary N) is 1. The molecule has 0 radical (unpaired) electrons. The van der Waals surface area contributed by atoms with E-state index < -0.39 is 0 Å². The molecule has 1 amide bonds. The minimum absolute atomic E-state index is 0.0238. The normalized spacial score (nSPS) is 15.6. The first-order chi connectivity index (χ1) is 14.4. The van der Waals surface area contributed by atoms with E-state index >= 15 is 0 Å². The number of aryl methyl sites for hydroxylation is 1. The van der Waals surface area contributed by atoms with E-state index in [0.717, 1.165) is 22.4 Å². The van der Waals surface area contributed by atoms with E-state index in [4.69, 9.17) is 9.47 Å². The largest absolute Gasteiger partial charge is 0.493 e. The number of H-pyrrole nitrogens is 1. The van der Waals surface area contributed by atoms with Crippen LogP contribution < -0.4 is 9.47 Å². The zero-order chi connectivity index (χ0) is 21.4. The molecule has 6 nitrogen and oxygen atoms in total. The van der Waals surface area contributed by atoms with E-state index in [-0.39, 0.29) is 11.9 Å². The van der Waals surface area contributed by atoms with Gasteiger partial charge in [0.25, 0.3) is 5.91 Å². The SMILES string of the molecule is COc1ccc(C2c3c(-c4ccc(C)cc4)n[nH]c3C(=O)N2CC(C)C)cc1OC. The number of hydrogen-bond donors (Lipinski definition) is 1. The fourth-order valence-electron chi connectivity index (χ4n) is 4.08. The predicted octanol–water partition coefficient (Wildman–Crippen LogP) is 4.60. The summed E-state index contributed by atoms with van der Waals surface area (Å²) in [5.74, 6) is 1.61. The Morgan fingerprint density at radius 2 is 1.77 bits per heavy atom. The van der Waals surface area contributed by atoms with Gasteiger partial charge in [0.1, 0.15) is 5.69 Å². The Morgan fingerprint density at radius 1 is 1.07 bits per heavy atom. The number of nitrogens with zero attached hydrogens (tertiary/aromatic N) is 2. The number of benzene rings is 2. The van der Waals surface area contributed by atoms with Crippen LogP contribution in [0.2, 0.25) is 0 Å². The third kappa shape index (κ3) is 3.32. The predicted molar refractivity (Wildman–Crippen MR) is 116 cm³/mol. The second-order valence-corrected chi connectivity index (χ2v) is 8.10. The van der Waals surface area contributed by atoms with Gasteiger partial charge in [-0.25, -0.2) is 0 Å². The molecule has 1 unspecified atom stereocenters. The first-order valence-electron chi connectivity index (χ1n) is 10.1. The van der Waals surface area contributed by atoms with Crippen LogP contribution in [0.15, 0.2) is 42.5 Å². The molecule has 2 aromatic carbocycles. The molecule has 2 heterocycles. The monoisotopic (exact) mass is 405 g/mol. The summed E-state index contributed by atoms with van der Waals surface area (Å²) < 4.78 is 10.9. The van der Waals surface area contributed by atoms with Gasteiger partial charge < -0.3 is 14.4 Å². The van der Waals surface area contributed by atoms with E-state index in [1.54, 1.807) is 14.2 Å². The fourth-order valence-corrected chi connectivity index (χ4v) is 4.08. The molecule has 1 N–H and O–H groups in total. The first-order valence-corrected chi connectivity index (χ1v) is 10.1. The fraction of sp³-hybridized carbons (Fsp3) is 0.333. The minimum atomic E-state index is -0.246. The number of carbonyl (C=O) groups excluding carboxylic acids is 1. The van der Waals surface area contributed by atoms with Crippen molar-refractivity contribution < 1.29 is 14.3 Å². The highest BCUT2D eigenvalue weighted by molar-refractivity contribution is 6.00. The molecule has 0 bridgehead atoms. The van der Waals surface area contributed by atoms with E-state index in [9.17, 15) is 4.79 Å². The Labute approximate surface area is 176 Å². The standard InChI is InChI=1S/C24H27N3O3/c1-14(2)13-27-23(17-10-11-18(29-4)19(12-17)30-5)20-21(25-26-22(20)24(27)28)16-8-6-15(3)7-9-16/h6-12,14,23H,13H2,1-5H3,(H,25,26). The molecule has 6 heteroatoms. The van der Waals surface area contributed by atoms with Crippen LogP contribution >= 0.6 is 0 Å². The maximum atomic E-state index is 13.3. The summed E-state index contributed by atoms with van der Waals surface area (Å²) in [6.45, 7) is 6.93. The number of aromatic amines is 1. The first kappa shape index (κ1) is 20.0. The number of hydrogen-bond acceptors (Lipinski definition) is 4. The number of aromatic nitrogens is 2. The lowest BCUT2D eigenvalue weighted by Gasteiger charge is -2.28. The minimum Gasteiger partial charge on any atom is -0.493 e. The summed E-state index contributed by atoms with van der Waals surface area (Å²) in [4.78, 5) is 15.2. The molecular weight excluding hydrogens is 378 g/mol. The van der Waals surface area contributed by atoms with Crippen molar-refractivity contribution in [3.05, 3.63) is 64.8 Å². The lowest BCUT2D eigenvalue weighted by atomic mass is 9.95. The Hall–Kier alpha value is -3.28. The third-order valence-corrected chi connectivity index (χ3v) is 5.47. The Balaban J connectivity index is 1.88. The highest BCUT2D eigenvalue weighted by atomic mass is 16.5. The van der Waals surface area contributed by atoms with Gasteiger partial charge in [-0.3, -0.25) is 9.89 Å². The van der Waals surface area contributed by atoms with Gasteiger partial charge in [0, 0.05) is 17.7 Å². The molecule has 4 rings (SSSR count). The van der Waals surface area contributed by atoms with Gasteiger partial charge in [-0.2, -0.15) is 5.10 Å². The molecule has 1 aliphatic heterocycles. The quantitative estimate of drug-likeness (QED) is 0.651. The summed E-state index contributed by atoms with van der Waals surface area (Å²) >= 11 is 0. The van der Waals surface area contributed by atoms with Crippen molar-refractivity contribution in [1.29, 1.82) is 0 Å². The van der Waals surface area contributed by atoms with Crippen molar-refractivity contribution in [3.8, 4) is 22.8 Å². The smallest absolute Gasteiger partial charge is 0.273 e. The van der Waals surface area contributed by atoms with Crippen LogP contribution in [0.25, 0.3) is 11.3 Å². The van der Waals surface area contributed by atoms with Crippen molar-refractivity contribution in [2.45, 2.75) is 26.8 Å². The van der Waals surface area contributed by atoms with Gasteiger partial charge in [-0.15, -0.1) is 0 Å². The molecule has 0 saturated carbocycles. The van der Waals surface area contributed by atoms with E-state index in [1.165, 1.54) is 5.56 Å². The summed E-state index contributed by atoms with van der Waals surface area (Å²) in [6.07, 6.45) is 0. The van der Waals surface area contributed by atoms with E-state index in [2.05, 4.69) is 43.1 Å². The van der Waals surface area contributed by atoms with E-state index in [0.29, 0.717) is 29.7 Å².